The lowest BCUT2D eigenvalue weighted by Gasteiger charge is -2.15. The van der Waals surface area contributed by atoms with E-state index in [1.807, 2.05) is 11.3 Å². The third-order valence-electron chi connectivity index (χ3n) is 3.20. The van der Waals surface area contributed by atoms with Gasteiger partial charge < -0.3 is 0 Å². The van der Waals surface area contributed by atoms with E-state index in [4.69, 9.17) is 5.84 Å². The van der Waals surface area contributed by atoms with E-state index >= 15 is 0 Å². The van der Waals surface area contributed by atoms with E-state index in [1.165, 1.54) is 56.2 Å². The fraction of sp³-hybridized carbons (Fsp3) is 0.714. The van der Waals surface area contributed by atoms with Crippen LogP contribution in [0, 0.1) is 0 Å². The lowest BCUT2D eigenvalue weighted by Crippen LogP contribution is -2.35. The van der Waals surface area contributed by atoms with Gasteiger partial charge in [0.2, 0.25) is 0 Å². The quantitative estimate of drug-likeness (QED) is 0.378. The molecule has 0 saturated carbocycles. The average Bonchev–Trinajstić information content (AvgIpc) is 2.85. The van der Waals surface area contributed by atoms with E-state index in [0.717, 1.165) is 0 Å². The average molecular weight is 254 g/mol. The molecule has 1 rings (SSSR count). The minimum Gasteiger partial charge on any atom is -0.271 e. The minimum absolute atomic E-state index is 0.506. The second-order valence-electron chi connectivity index (χ2n) is 4.68. The van der Waals surface area contributed by atoms with Crippen LogP contribution in [0.2, 0.25) is 0 Å². The van der Waals surface area contributed by atoms with Crippen LogP contribution in [0.15, 0.2) is 17.5 Å². The van der Waals surface area contributed by atoms with Gasteiger partial charge in [-0.1, -0.05) is 38.7 Å². The van der Waals surface area contributed by atoms with Gasteiger partial charge in [-0.15, -0.1) is 11.3 Å². The Labute approximate surface area is 110 Å². The maximum Gasteiger partial charge on any atom is 0.0210 e. The van der Waals surface area contributed by atoms with Crippen LogP contribution in [-0.2, 0) is 6.42 Å². The van der Waals surface area contributed by atoms with Crippen molar-refractivity contribution in [2.45, 2.75) is 64.3 Å². The number of nitrogens with two attached hydrogens (primary N) is 1. The van der Waals surface area contributed by atoms with E-state index in [0.29, 0.717) is 6.04 Å². The third-order valence-corrected chi connectivity index (χ3v) is 4.13. The Morgan fingerprint density at radius 1 is 1.24 bits per heavy atom. The summed E-state index contributed by atoms with van der Waals surface area (Å²) < 4.78 is 0. The Bertz CT molecular complexity index is 259. The molecule has 17 heavy (non-hydrogen) atoms. The fourth-order valence-corrected chi connectivity index (χ4v) is 2.86. The zero-order chi connectivity index (χ0) is 12.3. The number of hydrogen-bond donors (Lipinski definition) is 2. The first kappa shape index (κ1) is 14.7. The van der Waals surface area contributed by atoms with Crippen LogP contribution in [-0.4, -0.2) is 6.04 Å². The van der Waals surface area contributed by atoms with Gasteiger partial charge in [-0.25, -0.2) is 0 Å². The highest BCUT2D eigenvalue weighted by Gasteiger charge is 2.06. The van der Waals surface area contributed by atoms with Gasteiger partial charge >= 0.3 is 0 Å². The van der Waals surface area contributed by atoms with E-state index in [9.17, 15) is 0 Å². The molecular weight excluding hydrogens is 228 g/mol. The molecule has 1 heterocycles. The second-order valence-corrected chi connectivity index (χ2v) is 5.72. The smallest absolute Gasteiger partial charge is 0.0210 e. The van der Waals surface area contributed by atoms with Crippen molar-refractivity contribution in [3.8, 4) is 0 Å². The highest BCUT2D eigenvalue weighted by molar-refractivity contribution is 7.09. The normalized spacial score (nSPS) is 12.8. The summed E-state index contributed by atoms with van der Waals surface area (Å²) in [5, 5.41) is 2.15. The number of hydrogen-bond acceptors (Lipinski definition) is 3. The molecule has 0 bridgehead atoms. The van der Waals surface area contributed by atoms with Gasteiger partial charge in [0.1, 0.15) is 0 Å². The van der Waals surface area contributed by atoms with Gasteiger partial charge in [-0.2, -0.15) is 0 Å². The summed E-state index contributed by atoms with van der Waals surface area (Å²) in [5.41, 5.74) is 2.96. The lowest BCUT2D eigenvalue weighted by molar-refractivity contribution is 0.431. The van der Waals surface area contributed by atoms with Crippen LogP contribution < -0.4 is 11.3 Å². The molecule has 0 aliphatic heterocycles. The summed E-state index contributed by atoms with van der Waals surface area (Å²) in [6.45, 7) is 2.25. The molecular formula is C14H26N2S. The maximum absolute atomic E-state index is 5.60. The van der Waals surface area contributed by atoms with Crippen molar-refractivity contribution < 1.29 is 0 Å². The molecule has 0 spiro atoms. The zero-order valence-corrected chi connectivity index (χ0v) is 11.8. The van der Waals surface area contributed by atoms with Gasteiger partial charge in [-0.3, -0.25) is 11.3 Å². The van der Waals surface area contributed by atoms with Gasteiger partial charge in [-0.05, 0) is 37.1 Å². The monoisotopic (exact) mass is 254 g/mol. The van der Waals surface area contributed by atoms with Crippen molar-refractivity contribution in [3.63, 3.8) is 0 Å². The van der Waals surface area contributed by atoms with Gasteiger partial charge in [0.25, 0.3) is 0 Å². The predicted octanol–water partition coefficient (Wildman–Crippen LogP) is 3.87. The summed E-state index contributed by atoms with van der Waals surface area (Å²) >= 11 is 1.85. The molecule has 0 saturated heterocycles. The Kier molecular flexibility index (Phi) is 8.32. The summed E-state index contributed by atoms with van der Waals surface area (Å²) in [7, 11) is 0. The van der Waals surface area contributed by atoms with Crippen molar-refractivity contribution in [3.05, 3.63) is 22.4 Å². The molecule has 2 nitrogen and oxygen atoms in total. The summed E-state index contributed by atoms with van der Waals surface area (Å²) in [4.78, 5) is 1.49. The first-order valence-corrected chi connectivity index (χ1v) is 7.73. The van der Waals surface area contributed by atoms with Crippen LogP contribution >= 0.6 is 11.3 Å². The predicted molar refractivity (Wildman–Crippen MR) is 77.1 cm³/mol. The molecule has 3 N–H and O–H groups in total. The first-order chi connectivity index (χ1) is 8.36. The maximum atomic E-state index is 5.60. The van der Waals surface area contributed by atoms with Crippen molar-refractivity contribution in [1.29, 1.82) is 0 Å². The van der Waals surface area contributed by atoms with Gasteiger partial charge in [0.15, 0.2) is 0 Å². The first-order valence-electron chi connectivity index (χ1n) is 6.85. The highest BCUT2D eigenvalue weighted by Crippen LogP contribution is 2.14. The van der Waals surface area contributed by atoms with Crippen molar-refractivity contribution >= 4 is 11.3 Å². The van der Waals surface area contributed by atoms with Crippen LogP contribution in [0.4, 0.5) is 0 Å². The molecule has 1 aromatic heterocycles. The molecule has 0 fully saturated rings. The van der Waals surface area contributed by atoms with Crippen LogP contribution in [0.3, 0.4) is 0 Å². The molecule has 0 radical (unpaired) electrons. The zero-order valence-electron chi connectivity index (χ0n) is 11.0. The summed E-state index contributed by atoms with van der Waals surface area (Å²) in [6, 6.07) is 4.85. The molecule has 1 unspecified atom stereocenters. The molecule has 1 atom stereocenters. The summed E-state index contributed by atoms with van der Waals surface area (Å²) in [6.07, 6.45) is 10.2. The van der Waals surface area contributed by atoms with Crippen molar-refractivity contribution in [2.75, 3.05) is 0 Å². The van der Waals surface area contributed by atoms with E-state index in [2.05, 4.69) is 29.9 Å². The third kappa shape index (κ3) is 6.81. The Hall–Kier alpha value is -0.380. The van der Waals surface area contributed by atoms with Crippen molar-refractivity contribution in [1.82, 2.24) is 5.43 Å². The van der Waals surface area contributed by atoms with Gasteiger partial charge in [0, 0.05) is 10.9 Å². The largest absolute Gasteiger partial charge is 0.271 e. The number of unbranched alkanes of at least 4 members (excludes halogenated alkanes) is 3. The molecule has 3 heteroatoms. The van der Waals surface area contributed by atoms with E-state index in [1.54, 1.807) is 0 Å². The Balaban J connectivity index is 2.05. The van der Waals surface area contributed by atoms with Crippen LogP contribution in [0.5, 0.6) is 0 Å². The van der Waals surface area contributed by atoms with E-state index in [-0.39, 0.29) is 0 Å². The molecule has 0 aliphatic rings. The molecule has 0 amide bonds. The molecule has 98 valence electrons. The Morgan fingerprint density at radius 2 is 2.06 bits per heavy atom. The number of hydrazine groups is 1. The summed E-state index contributed by atoms with van der Waals surface area (Å²) in [5.74, 6) is 5.60. The fourth-order valence-electron chi connectivity index (χ4n) is 2.11. The molecule has 1 aromatic rings. The number of rotatable bonds is 10. The molecule has 0 aromatic carbocycles. The number of nitrogens with one attached hydrogen (secondary N) is 1. The van der Waals surface area contributed by atoms with Crippen molar-refractivity contribution in [2.24, 2.45) is 5.84 Å². The van der Waals surface area contributed by atoms with Gasteiger partial charge in [0.05, 0.1) is 0 Å². The van der Waals surface area contributed by atoms with Crippen LogP contribution in [0.1, 0.15) is 56.7 Å². The molecule has 0 aliphatic carbocycles. The lowest BCUT2D eigenvalue weighted by atomic mass is 10.0. The SMILES string of the molecule is CCCCCCC(CCCc1cccs1)NN. The highest BCUT2D eigenvalue weighted by atomic mass is 32.1. The number of thiophene rings is 1. The van der Waals surface area contributed by atoms with Crippen LogP contribution in [0.25, 0.3) is 0 Å². The minimum atomic E-state index is 0.506. The Morgan fingerprint density at radius 3 is 2.71 bits per heavy atom. The topological polar surface area (TPSA) is 38.0 Å². The second kappa shape index (κ2) is 9.63. The number of aryl methyl sites for hydroxylation is 1. The standard InChI is InChI=1S/C14H26N2S/c1-2-3-4-5-8-13(16-15)9-6-10-14-11-7-12-17-14/h7,11-13,16H,2-6,8-10,15H2,1H3. The van der Waals surface area contributed by atoms with E-state index < -0.39 is 0 Å².